The molecule has 0 aromatic heterocycles. The molecule has 1 aliphatic heterocycles. The molecular formula is C14H27N3OS. The smallest absolute Gasteiger partial charge is 0.221 e. The monoisotopic (exact) mass is 285 g/mol. The highest BCUT2D eigenvalue weighted by atomic mass is 32.2. The van der Waals surface area contributed by atoms with Crippen LogP contribution in [0.3, 0.4) is 0 Å². The van der Waals surface area contributed by atoms with E-state index in [4.69, 9.17) is 0 Å². The Balaban J connectivity index is 2.09. The Bertz CT molecular complexity index is 316. The van der Waals surface area contributed by atoms with Crippen LogP contribution in [0, 0.1) is 11.8 Å². The third-order valence-corrected chi connectivity index (χ3v) is 3.96. The lowest BCUT2D eigenvalue weighted by Crippen LogP contribution is -2.31. The number of aliphatic imine (C=N–C) groups is 1. The van der Waals surface area contributed by atoms with Crippen molar-refractivity contribution in [2.75, 3.05) is 19.6 Å². The Labute approximate surface area is 121 Å². The maximum atomic E-state index is 11.5. The van der Waals surface area contributed by atoms with E-state index in [-0.39, 0.29) is 5.91 Å². The number of amidine groups is 1. The molecule has 0 saturated heterocycles. The van der Waals surface area contributed by atoms with Crippen LogP contribution < -0.4 is 10.6 Å². The summed E-state index contributed by atoms with van der Waals surface area (Å²) in [6, 6.07) is 0. The number of hydrogen-bond donors (Lipinski definition) is 2. The van der Waals surface area contributed by atoms with E-state index in [1.54, 1.807) is 0 Å². The van der Waals surface area contributed by atoms with Crippen LogP contribution in [0.25, 0.3) is 0 Å². The van der Waals surface area contributed by atoms with Crippen LogP contribution >= 0.6 is 11.8 Å². The Hall–Kier alpha value is -0.710. The molecule has 0 spiro atoms. The van der Waals surface area contributed by atoms with Gasteiger partial charge in [-0.3, -0.25) is 9.79 Å². The predicted octanol–water partition coefficient (Wildman–Crippen LogP) is 2.26. The lowest BCUT2D eigenvalue weighted by Gasteiger charge is -2.11. The van der Waals surface area contributed by atoms with E-state index < -0.39 is 0 Å². The number of nitrogens with one attached hydrogen (secondary N) is 2. The van der Waals surface area contributed by atoms with Gasteiger partial charge in [-0.15, -0.1) is 0 Å². The number of rotatable bonds is 7. The van der Waals surface area contributed by atoms with Gasteiger partial charge in [0.25, 0.3) is 0 Å². The zero-order valence-electron chi connectivity index (χ0n) is 12.5. The second kappa shape index (κ2) is 8.46. The number of hydrogen-bond acceptors (Lipinski definition) is 4. The molecule has 0 bridgehead atoms. The molecule has 0 aliphatic carbocycles. The molecule has 1 heterocycles. The van der Waals surface area contributed by atoms with Crippen LogP contribution in [0.5, 0.6) is 0 Å². The molecule has 1 unspecified atom stereocenters. The summed E-state index contributed by atoms with van der Waals surface area (Å²) in [5.74, 6) is 1.33. The summed E-state index contributed by atoms with van der Waals surface area (Å²) in [5, 5.41) is 7.78. The summed E-state index contributed by atoms with van der Waals surface area (Å²) in [5.41, 5.74) is 0. The fraction of sp³-hybridized carbons (Fsp3) is 0.857. The van der Waals surface area contributed by atoms with Gasteiger partial charge >= 0.3 is 0 Å². The van der Waals surface area contributed by atoms with Crippen LogP contribution in [0.15, 0.2) is 4.99 Å². The second-order valence-corrected chi connectivity index (χ2v) is 7.18. The van der Waals surface area contributed by atoms with Crippen molar-refractivity contribution in [2.24, 2.45) is 16.8 Å². The van der Waals surface area contributed by atoms with Crippen LogP contribution in [0.2, 0.25) is 0 Å². The van der Waals surface area contributed by atoms with Crippen molar-refractivity contribution in [1.29, 1.82) is 0 Å². The molecule has 0 aromatic rings. The summed E-state index contributed by atoms with van der Waals surface area (Å²) in [6.07, 6.45) is 1.72. The third-order valence-electron chi connectivity index (χ3n) is 2.79. The van der Waals surface area contributed by atoms with E-state index in [0.717, 1.165) is 18.3 Å². The maximum Gasteiger partial charge on any atom is 0.221 e. The van der Waals surface area contributed by atoms with Gasteiger partial charge in [-0.1, -0.05) is 39.5 Å². The average Bonchev–Trinajstić information content (AvgIpc) is 2.73. The average molecular weight is 285 g/mol. The van der Waals surface area contributed by atoms with E-state index in [1.165, 1.54) is 6.42 Å². The highest BCUT2D eigenvalue weighted by Crippen LogP contribution is 2.25. The minimum absolute atomic E-state index is 0.114. The minimum atomic E-state index is 0.114. The van der Waals surface area contributed by atoms with E-state index in [0.29, 0.717) is 30.1 Å². The lowest BCUT2D eigenvalue weighted by molar-refractivity contribution is -0.121. The van der Waals surface area contributed by atoms with Crippen molar-refractivity contribution in [2.45, 2.75) is 45.8 Å². The normalized spacial score (nSPS) is 18.8. The van der Waals surface area contributed by atoms with Crippen LogP contribution in [0.4, 0.5) is 0 Å². The van der Waals surface area contributed by atoms with Gasteiger partial charge in [0, 0.05) is 24.8 Å². The molecule has 0 radical (unpaired) electrons. The van der Waals surface area contributed by atoms with Crippen molar-refractivity contribution < 1.29 is 4.79 Å². The van der Waals surface area contributed by atoms with Gasteiger partial charge in [0.05, 0.1) is 6.54 Å². The first-order valence-corrected chi connectivity index (χ1v) is 8.07. The first-order valence-electron chi connectivity index (χ1n) is 7.19. The van der Waals surface area contributed by atoms with E-state index in [2.05, 4.69) is 43.3 Å². The van der Waals surface area contributed by atoms with Crippen LogP contribution in [-0.4, -0.2) is 36.0 Å². The first-order chi connectivity index (χ1) is 8.97. The molecule has 5 heteroatoms. The van der Waals surface area contributed by atoms with Gasteiger partial charge in [-0.2, -0.15) is 0 Å². The summed E-state index contributed by atoms with van der Waals surface area (Å²) >= 11 is 1.82. The Morgan fingerprint density at radius 1 is 1.37 bits per heavy atom. The van der Waals surface area contributed by atoms with Crippen LogP contribution in [0.1, 0.15) is 40.5 Å². The number of thioether (sulfide) groups is 1. The largest absolute Gasteiger partial charge is 0.364 e. The molecule has 4 nitrogen and oxygen atoms in total. The fourth-order valence-corrected chi connectivity index (χ4v) is 3.13. The third kappa shape index (κ3) is 7.45. The quantitative estimate of drug-likeness (QED) is 0.754. The number of carbonyl (C=O) groups excluding carboxylic acids is 1. The van der Waals surface area contributed by atoms with E-state index >= 15 is 0 Å². The van der Waals surface area contributed by atoms with E-state index in [1.807, 2.05) is 11.8 Å². The standard InChI is InChI=1S/C14H27N3OS/c1-10(2)7-12-9-17-14(19-12)15-6-5-13(18)16-8-11(3)4/h10-12H,5-9H2,1-4H3,(H,15,17)(H,16,18). The summed E-state index contributed by atoms with van der Waals surface area (Å²) in [4.78, 5) is 16.0. The fourth-order valence-electron chi connectivity index (χ4n) is 1.85. The van der Waals surface area contributed by atoms with E-state index in [9.17, 15) is 4.79 Å². The van der Waals surface area contributed by atoms with Gasteiger partial charge in [-0.05, 0) is 18.3 Å². The first kappa shape index (κ1) is 16.3. The zero-order valence-corrected chi connectivity index (χ0v) is 13.3. The molecule has 0 saturated carbocycles. The van der Waals surface area contributed by atoms with Crippen molar-refractivity contribution in [3.05, 3.63) is 0 Å². The SMILES string of the molecule is CC(C)CNC(=O)CCNC1=NCC(CC(C)C)S1. The number of nitrogens with zero attached hydrogens (tertiary/aromatic N) is 1. The molecular weight excluding hydrogens is 258 g/mol. The second-order valence-electron chi connectivity index (χ2n) is 5.89. The Kier molecular flexibility index (Phi) is 7.28. The van der Waals surface area contributed by atoms with Gasteiger partial charge in [0.1, 0.15) is 0 Å². The molecule has 19 heavy (non-hydrogen) atoms. The van der Waals surface area contributed by atoms with Gasteiger partial charge in [0.15, 0.2) is 5.17 Å². The Morgan fingerprint density at radius 3 is 2.74 bits per heavy atom. The highest BCUT2D eigenvalue weighted by Gasteiger charge is 2.20. The number of carbonyl (C=O) groups is 1. The molecule has 0 fully saturated rings. The minimum Gasteiger partial charge on any atom is -0.364 e. The summed E-state index contributed by atoms with van der Waals surface area (Å²) < 4.78 is 0. The maximum absolute atomic E-state index is 11.5. The van der Waals surface area contributed by atoms with Gasteiger partial charge < -0.3 is 10.6 Å². The van der Waals surface area contributed by atoms with Gasteiger partial charge in [-0.25, -0.2) is 0 Å². The molecule has 1 rings (SSSR count). The number of amides is 1. The van der Waals surface area contributed by atoms with Crippen molar-refractivity contribution >= 4 is 22.8 Å². The highest BCUT2D eigenvalue weighted by molar-refractivity contribution is 8.14. The molecule has 1 aliphatic rings. The van der Waals surface area contributed by atoms with Crippen molar-refractivity contribution in [3.8, 4) is 0 Å². The van der Waals surface area contributed by atoms with Crippen LogP contribution in [-0.2, 0) is 4.79 Å². The van der Waals surface area contributed by atoms with Crippen molar-refractivity contribution in [1.82, 2.24) is 10.6 Å². The molecule has 1 amide bonds. The molecule has 110 valence electrons. The summed E-state index contributed by atoms with van der Waals surface area (Å²) in [6.45, 7) is 11.0. The topological polar surface area (TPSA) is 53.5 Å². The van der Waals surface area contributed by atoms with Gasteiger partial charge in [0.2, 0.25) is 5.91 Å². The predicted molar refractivity (Wildman–Crippen MR) is 83.6 cm³/mol. The lowest BCUT2D eigenvalue weighted by atomic mass is 10.1. The summed E-state index contributed by atoms with van der Waals surface area (Å²) in [7, 11) is 0. The van der Waals surface area contributed by atoms with Crippen molar-refractivity contribution in [3.63, 3.8) is 0 Å². The molecule has 1 atom stereocenters. The molecule has 0 aromatic carbocycles. The zero-order chi connectivity index (χ0) is 14.3. The Morgan fingerprint density at radius 2 is 2.11 bits per heavy atom. The molecule has 2 N–H and O–H groups in total.